The maximum Gasteiger partial charge on any atom is 0.208 e. The van der Waals surface area contributed by atoms with Gasteiger partial charge in [0, 0.05) is 32.4 Å². The molecule has 0 fully saturated rings. The van der Waals surface area contributed by atoms with Crippen molar-refractivity contribution in [3.05, 3.63) is 12.7 Å². The smallest absolute Gasteiger partial charge is 0.208 e. The van der Waals surface area contributed by atoms with Crippen molar-refractivity contribution in [2.75, 3.05) is 32.1 Å². The van der Waals surface area contributed by atoms with Crippen LogP contribution in [0, 0.1) is 0 Å². The van der Waals surface area contributed by atoms with Gasteiger partial charge in [0.1, 0.15) is 0 Å². The molecule has 1 unspecified atom stereocenters. The van der Waals surface area contributed by atoms with Gasteiger partial charge >= 0.3 is 0 Å². The van der Waals surface area contributed by atoms with Crippen molar-refractivity contribution in [1.82, 2.24) is 15.5 Å². The van der Waals surface area contributed by atoms with Crippen molar-refractivity contribution < 1.29 is 0 Å². The molecule has 0 radical (unpaired) electrons. The van der Waals surface area contributed by atoms with Gasteiger partial charge in [-0.25, -0.2) is 0 Å². The minimum absolute atomic E-state index is 0.489. The third kappa shape index (κ3) is 4.51. The fraction of sp³-hybridized carbons (Fsp3) is 0.600. The molecule has 6 heteroatoms. The lowest BCUT2D eigenvalue weighted by Gasteiger charge is -2.08. The van der Waals surface area contributed by atoms with E-state index < -0.39 is 0 Å². The van der Waals surface area contributed by atoms with Gasteiger partial charge in [-0.15, -0.1) is 16.8 Å². The second-order valence-electron chi connectivity index (χ2n) is 3.62. The SMILES string of the molecule is C=CCNCC(C)Sc1nnc(N(C)C)s1. The van der Waals surface area contributed by atoms with E-state index in [0.29, 0.717) is 5.25 Å². The fourth-order valence-electron chi connectivity index (χ4n) is 1.03. The van der Waals surface area contributed by atoms with Crippen molar-refractivity contribution >= 4 is 28.2 Å². The van der Waals surface area contributed by atoms with E-state index in [1.54, 1.807) is 23.1 Å². The van der Waals surface area contributed by atoms with Crippen molar-refractivity contribution in [1.29, 1.82) is 0 Å². The number of aromatic nitrogens is 2. The summed E-state index contributed by atoms with van der Waals surface area (Å²) in [6.45, 7) is 7.65. The third-order valence-electron chi connectivity index (χ3n) is 1.80. The lowest BCUT2D eigenvalue weighted by molar-refractivity contribution is 0.740. The molecule has 0 aliphatic heterocycles. The van der Waals surface area contributed by atoms with Gasteiger partial charge in [-0.2, -0.15) is 0 Å². The van der Waals surface area contributed by atoms with E-state index >= 15 is 0 Å². The van der Waals surface area contributed by atoms with Gasteiger partial charge in [0.2, 0.25) is 5.13 Å². The van der Waals surface area contributed by atoms with E-state index in [4.69, 9.17) is 0 Å². The first-order valence-electron chi connectivity index (χ1n) is 5.12. The van der Waals surface area contributed by atoms with Gasteiger partial charge in [-0.3, -0.25) is 0 Å². The molecular weight excluding hydrogens is 240 g/mol. The zero-order chi connectivity index (χ0) is 12.0. The highest BCUT2D eigenvalue weighted by Crippen LogP contribution is 2.29. The fourth-order valence-corrected chi connectivity index (χ4v) is 3.08. The Balaban J connectivity index is 2.37. The van der Waals surface area contributed by atoms with Crippen LogP contribution in [0.1, 0.15) is 6.92 Å². The van der Waals surface area contributed by atoms with E-state index in [2.05, 4.69) is 29.0 Å². The summed E-state index contributed by atoms with van der Waals surface area (Å²) >= 11 is 3.38. The minimum atomic E-state index is 0.489. The molecule has 1 N–H and O–H groups in total. The van der Waals surface area contributed by atoms with Crippen molar-refractivity contribution in [3.8, 4) is 0 Å². The summed E-state index contributed by atoms with van der Waals surface area (Å²) in [6, 6.07) is 0. The van der Waals surface area contributed by atoms with Gasteiger partial charge in [-0.05, 0) is 0 Å². The molecule has 1 aromatic rings. The first kappa shape index (κ1) is 13.5. The summed E-state index contributed by atoms with van der Waals surface area (Å²) in [6.07, 6.45) is 1.87. The van der Waals surface area contributed by atoms with Crippen LogP contribution >= 0.6 is 23.1 Å². The number of hydrogen-bond donors (Lipinski definition) is 1. The van der Waals surface area contributed by atoms with Crippen LogP contribution in [0.2, 0.25) is 0 Å². The Bertz CT molecular complexity index is 324. The van der Waals surface area contributed by atoms with E-state index in [-0.39, 0.29) is 0 Å². The Kier molecular flexibility index (Phi) is 5.79. The zero-order valence-electron chi connectivity index (χ0n) is 9.93. The highest BCUT2D eigenvalue weighted by molar-refractivity contribution is 8.01. The van der Waals surface area contributed by atoms with E-state index in [1.807, 2.05) is 25.1 Å². The van der Waals surface area contributed by atoms with Gasteiger partial charge in [-0.1, -0.05) is 36.1 Å². The van der Waals surface area contributed by atoms with Gasteiger partial charge in [0.05, 0.1) is 0 Å². The second kappa shape index (κ2) is 6.88. The highest BCUT2D eigenvalue weighted by atomic mass is 32.2. The van der Waals surface area contributed by atoms with E-state index in [1.165, 1.54) is 0 Å². The van der Waals surface area contributed by atoms with Gasteiger partial charge < -0.3 is 10.2 Å². The topological polar surface area (TPSA) is 41.1 Å². The molecule has 1 heterocycles. The highest BCUT2D eigenvalue weighted by Gasteiger charge is 2.10. The molecule has 0 bridgehead atoms. The summed E-state index contributed by atoms with van der Waals surface area (Å²) in [5.74, 6) is 0. The molecule has 1 aromatic heterocycles. The Morgan fingerprint density at radius 1 is 1.56 bits per heavy atom. The summed E-state index contributed by atoms with van der Waals surface area (Å²) in [7, 11) is 3.95. The summed E-state index contributed by atoms with van der Waals surface area (Å²) in [4.78, 5) is 1.97. The quantitative estimate of drug-likeness (QED) is 0.459. The molecule has 1 rings (SSSR count). The molecule has 16 heavy (non-hydrogen) atoms. The van der Waals surface area contributed by atoms with Crippen LogP contribution in [-0.2, 0) is 0 Å². The summed E-state index contributed by atoms with van der Waals surface area (Å²) in [5.41, 5.74) is 0. The zero-order valence-corrected chi connectivity index (χ0v) is 11.6. The van der Waals surface area contributed by atoms with Crippen LogP contribution < -0.4 is 10.2 Å². The lowest BCUT2D eigenvalue weighted by Crippen LogP contribution is -2.22. The minimum Gasteiger partial charge on any atom is -0.353 e. The molecule has 90 valence electrons. The average molecular weight is 258 g/mol. The molecule has 0 aliphatic carbocycles. The van der Waals surface area contributed by atoms with Crippen LogP contribution in [0.25, 0.3) is 0 Å². The maximum atomic E-state index is 4.15. The molecule has 0 aromatic carbocycles. The van der Waals surface area contributed by atoms with Crippen LogP contribution in [0.3, 0.4) is 0 Å². The monoisotopic (exact) mass is 258 g/mol. The molecule has 0 saturated carbocycles. The Hall–Kier alpha value is -0.590. The van der Waals surface area contributed by atoms with Crippen LogP contribution in [-0.4, -0.2) is 42.6 Å². The lowest BCUT2D eigenvalue weighted by atomic mass is 10.4. The number of nitrogens with zero attached hydrogens (tertiary/aromatic N) is 3. The predicted octanol–water partition coefficient (Wildman–Crippen LogP) is 1.86. The number of hydrogen-bond acceptors (Lipinski definition) is 6. The number of nitrogens with one attached hydrogen (secondary N) is 1. The average Bonchev–Trinajstić information content (AvgIpc) is 2.66. The van der Waals surface area contributed by atoms with Gasteiger partial charge in [0.15, 0.2) is 4.34 Å². The first-order valence-corrected chi connectivity index (χ1v) is 6.82. The van der Waals surface area contributed by atoms with E-state index in [9.17, 15) is 0 Å². The number of thioether (sulfide) groups is 1. The Morgan fingerprint density at radius 2 is 2.31 bits per heavy atom. The van der Waals surface area contributed by atoms with E-state index in [0.717, 1.165) is 22.6 Å². The standard InChI is InChI=1S/C10H18N4S2/c1-5-6-11-7-8(2)15-10-13-12-9(16-10)14(3)4/h5,8,11H,1,6-7H2,2-4H3. The first-order chi connectivity index (χ1) is 7.63. The van der Waals surface area contributed by atoms with Crippen molar-refractivity contribution in [2.45, 2.75) is 16.5 Å². The van der Waals surface area contributed by atoms with Crippen molar-refractivity contribution in [2.24, 2.45) is 0 Å². The summed E-state index contributed by atoms with van der Waals surface area (Å²) < 4.78 is 1.02. The molecular formula is C10H18N4S2. The molecule has 4 nitrogen and oxygen atoms in total. The third-order valence-corrected chi connectivity index (χ3v) is 4.08. The molecule has 1 atom stereocenters. The molecule has 0 aliphatic rings. The normalized spacial score (nSPS) is 12.4. The van der Waals surface area contributed by atoms with Crippen LogP contribution in [0.5, 0.6) is 0 Å². The molecule has 0 saturated heterocycles. The maximum absolute atomic E-state index is 4.15. The van der Waals surface area contributed by atoms with Crippen molar-refractivity contribution in [3.63, 3.8) is 0 Å². The predicted molar refractivity (Wildman–Crippen MR) is 72.6 cm³/mol. The Morgan fingerprint density at radius 3 is 2.88 bits per heavy atom. The number of rotatable bonds is 7. The Labute approximate surface area is 105 Å². The van der Waals surface area contributed by atoms with Gasteiger partial charge in [0.25, 0.3) is 0 Å². The summed E-state index contributed by atoms with van der Waals surface area (Å²) in [5, 5.41) is 13.0. The van der Waals surface area contributed by atoms with Crippen LogP contribution in [0.4, 0.5) is 5.13 Å². The molecule has 0 spiro atoms. The molecule has 0 amide bonds. The second-order valence-corrected chi connectivity index (χ2v) is 6.26. The largest absolute Gasteiger partial charge is 0.353 e. The number of anilines is 1. The van der Waals surface area contributed by atoms with Crippen LogP contribution in [0.15, 0.2) is 17.0 Å².